The van der Waals surface area contributed by atoms with Gasteiger partial charge >= 0.3 is 38.4 Å². The van der Waals surface area contributed by atoms with Crippen molar-refractivity contribution in [2.75, 3.05) is 0 Å². The van der Waals surface area contributed by atoms with Crippen molar-refractivity contribution in [1.29, 1.82) is 0 Å². The molecular formula is C5H9AuO2. The van der Waals surface area contributed by atoms with Crippen LogP contribution in [0.3, 0.4) is 0 Å². The molecule has 0 saturated carbocycles. The van der Waals surface area contributed by atoms with E-state index in [-0.39, 0.29) is 0 Å². The summed E-state index contributed by atoms with van der Waals surface area (Å²) in [7, 11) is 0. The zero-order chi connectivity index (χ0) is 6.99. The topological polar surface area (TPSA) is 37.3 Å². The molecule has 0 radical (unpaired) electrons. The minimum Gasteiger partial charge on any atom is -0.481 e. The third-order valence-electron chi connectivity index (χ3n) is 0.0870. The number of rotatable bonds is 1. The first-order valence-electron chi connectivity index (χ1n) is 1.96. The van der Waals surface area contributed by atoms with Crippen LogP contribution in [0, 0.1) is 0 Å². The second-order valence-corrected chi connectivity index (χ2v) is 1.82. The molecule has 0 amide bonds. The summed E-state index contributed by atoms with van der Waals surface area (Å²) in [6.07, 6.45) is 1.85. The zero-order valence-electron chi connectivity index (χ0n) is 4.65. The summed E-state index contributed by atoms with van der Waals surface area (Å²) in [5, 5.41) is 7.42. The quantitative estimate of drug-likeness (QED) is 0.584. The van der Waals surface area contributed by atoms with Gasteiger partial charge < -0.3 is 5.11 Å². The molecule has 2 nitrogen and oxygen atoms in total. The van der Waals surface area contributed by atoms with E-state index in [0.717, 1.165) is 11.6 Å². The summed E-state index contributed by atoms with van der Waals surface area (Å²) in [5.74, 6) is -0.833. The Kier molecular flexibility index (Phi) is 13.6. The standard InChI is InChI=1S/C3H5.C2H4O2.Au/c1-3-2;1-2(3)4;/h3H,1-2H2;1H3,(H,3,4);. The molecule has 0 aromatic carbocycles. The van der Waals surface area contributed by atoms with E-state index >= 15 is 0 Å². The Balaban J connectivity index is 0. The average molecular weight is 298 g/mol. The van der Waals surface area contributed by atoms with E-state index < -0.39 is 5.97 Å². The van der Waals surface area contributed by atoms with Crippen LogP contribution < -0.4 is 0 Å². The van der Waals surface area contributed by atoms with E-state index in [0.29, 0.717) is 0 Å². The molecule has 0 aromatic heterocycles. The van der Waals surface area contributed by atoms with E-state index in [1.54, 1.807) is 0 Å². The largest absolute Gasteiger partial charge is 0.481 e. The van der Waals surface area contributed by atoms with Crippen molar-refractivity contribution in [1.82, 2.24) is 0 Å². The van der Waals surface area contributed by atoms with Crippen molar-refractivity contribution >= 4 is 5.97 Å². The number of carboxylic acid groups (broad SMARTS) is 1. The minimum absolute atomic E-state index is 0.833. The first-order chi connectivity index (χ1) is 3.65. The second kappa shape index (κ2) is 10.0. The molecule has 3 heteroatoms. The van der Waals surface area contributed by atoms with Crippen LogP contribution in [-0.4, -0.2) is 11.1 Å². The average Bonchev–Trinajstić information content (AvgIpc) is 1.65. The number of hydrogen-bond acceptors (Lipinski definition) is 1. The van der Waals surface area contributed by atoms with Gasteiger partial charge in [0.15, 0.2) is 0 Å². The van der Waals surface area contributed by atoms with Crippen molar-refractivity contribution < 1.29 is 31.0 Å². The SMILES string of the molecule is C=C[CH2][Au].CC(=O)O. The maximum absolute atomic E-state index is 9.00. The first kappa shape index (κ1) is 10.8. The van der Waals surface area contributed by atoms with Crippen LogP contribution in [-0.2, 0) is 25.9 Å². The van der Waals surface area contributed by atoms with Crippen molar-refractivity contribution in [2.45, 2.75) is 11.6 Å². The van der Waals surface area contributed by atoms with Crippen molar-refractivity contribution in [3.05, 3.63) is 12.7 Å². The van der Waals surface area contributed by atoms with Crippen LogP contribution >= 0.6 is 0 Å². The predicted molar refractivity (Wildman–Crippen MR) is 28.3 cm³/mol. The minimum atomic E-state index is -0.833. The van der Waals surface area contributed by atoms with Gasteiger partial charge in [-0.25, -0.2) is 0 Å². The smallest absolute Gasteiger partial charge is 0.300 e. The molecule has 0 aliphatic rings. The summed E-state index contributed by atoms with van der Waals surface area (Å²) in [5.41, 5.74) is 0. The number of aliphatic carboxylic acids is 1. The fourth-order valence-electron chi connectivity index (χ4n) is 0. The van der Waals surface area contributed by atoms with Crippen molar-refractivity contribution in [3.63, 3.8) is 0 Å². The zero-order valence-corrected chi connectivity index (χ0v) is 6.82. The van der Waals surface area contributed by atoms with Crippen LogP contribution in [0.25, 0.3) is 0 Å². The number of hydrogen-bond donors (Lipinski definition) is 1. The molecule has 0 atom stereocenters. The summed E-state index contributed by atoms with van der Waals surface area (Å²) in [4.78, 5) is 9.00. The fourth-order valence-corrected chi connectivity index (χ4v) is 0. The molecule has 1 N–H and O–H groups in total. The van der Waals surface area contributed by atoms with Crippen LogP contribution in [0.1, 0.15) is 6.92 Å². The number of carbonyl (C=O) groups is 1. The van der Waals surface area contributed by atoms with E-state index in [1.807, 2.05) is 6.08 Å². The Labute approximate surface area is 61.5 Å². The molecular weight excluding hydrogens is 289 g/mol. The Morgan fingerprint density at radius 3 is 2.12 bits per heavy atom. The van der Waals surface area contributed by atoms with Gasteiger partial charge in [-0.1, -0.05) is 0 Å². The number of allylic oxidation sites excluding steroid dienone is 1. The Hall–Kier alpha value is -0.0497. The van der Waals surface area contributed by atoms with Gasteiger partial charge in [0.2, 0.25) is 0 Å². The fraction of sp³-hybridized carbons (Fsp3) is 0.400. The molecule has 0 aromatic rings. The van der Waals surface area contributed by atoms with Gasteiger partial charge in [-0.3, -0.25) is 4.79 Å². The van der Waals surface area contributed by atoms with Gasteiger partial charge in [-0.2, -0.15) is 0 Å². The third kappa shape index (κ3) is 161. The third-order valence-corrected chi connectivity index (χ3v) is 0.712. The second-order valence-electron chi connectivity index (χ2n) is 0.931. The molecule has 52 valence electrons. The van der Waals surface area contributed by atoms with E-state index in [2.05, 4.69) is 27.6 Å². The van der Waals surface area contributed by atoms with Gasteiger partial charge in [0.25, 0.3) is 5.97 Å². The molecule has 0 saturated heterocycles. The summed E-state index contributed by atoms with van der Waals surface area (Å²) >= 11 is 2.38. The van der Waals surface area contributed by atoms with Gasteiger partial charge in [-0.15, -0.1) is 0 Å². The Morgan fingerprint density at radius 1 is 2.00 bits per heavy atom. The van der Waals surface area contributed by atoms with Crippen LogP contribution in [0.2, 0.25) is 4.64 Å². The van der Waals surface area contributed by atoms with Crippen LogP contribution in [0.5, 0.6) is 0 Å². The van der Waals surface area contributed by atoms with Gasteiger partial charge in [0, 0.05) is 6.92 Å². The molecule has 0 fully saturated rings. The molecule has 0 bridgehead atoms. The van der Waals surface area contributed by atoms with E-state index in [9.17, 15) is 0 Å². The van der Waals surface area contributed by atoms with Crippen molar-refractivity contribution in [2.24, 2.45) is 0 Å². The molecule has 0 spiro atoms. The monoisotopic (exact) mass is 298 g/mol. The molecule has 0 aliphatic carbocycles. The van der Waals surface area contributed by atoms with E-state index in [4.69, 9.17) is 9.90 Å². The molecule has 8 heavy (non-hydrogen) atoms. The number of carboxylic acids is 1. The normalized spacial score (nSPS) is 6.38. The molecule has 0 unspecified atom stereocenters. The maximum Gasteiger partial charge on any atom is 0.300 e. The first-order valence-corrected chi connectivity index (χ1v) is 3.49. The Morgan fingerprint density at radius 2 is 2.12 bits per heavy atom. The van der Waals surface area contributed by atoms with Gasteiger partial charge in [0.05, 0.1) is 0 Å². The molecule has 0 heterocycles. The maximum atomic E-state index is 9.00. The van der Waals surface area contributed by atoms with Crippen LogP contribution in [0.15, 0.2) is 12.7 Å². The van der Waals surface area contributed by atoms with Gasteiger partial charge in [-0.05, 0) is 0 Å². The Bertz CT molecular complexity index is 66.8. The van der Waals surface area contributed by atoms with E-state index in [1.165, 1.54) is 0 Å². The summed E-state index contributed by atoms with van der Waals surface area (Å²) in [6, 6.07) is 0. The predicted octanol–water partition coefficient (Wildman–Crippen LogP) is 1.23. The molecule has 0 rings (SSSR count). The van der Waals surface area contributed by atoms with Crippen molar-refractivity contribution in [3.8, 4) is 0 Å². The van der Waals surface area contributed by atoms with Gasteiger partial charge in [0.1, 0.15) is 0 Å². The summed E-state index contributed by atoms with van der Waals surface area (Å²) < 4.78 is 1.03. The van der Waals surface area contributed by atoms with Crippen LogP contribution in [0.4, 0.5) is 0 Å². The summed E-state index contributed by atoms with van der Waals surface area (Å²) in [6.45, 7) is 4.55. The molecule has 0 aliphatic heterocycles.